The Morgan fingerprint density at radius 3 is 2.11 bits per heavy atom. The fourth-order valence-electron chi connectivity index (χ4n) is 4.13. The zero-order valence-electron chi connectivity index (χ0n) is 10.7. The van der Waals surface area contributed by atoms with E-state index in [9.17, 15) is 9.18 Å². The third kappa shape index (κ3) is 1.77. The normalized spacial score (nSPS) is 35.7. The van der Waals surface area contributed by atoms with E-state index in [0.717, 1.165) is 25.7 Å². The van der Waals surface area contributed by atoms with E-state index in [2.05, 4.69) is 10.2 Å². The van der Waals surface area contributed by atoms with Gasteiger partial charge in [0.25, 0.3) is 5.91 Å². The maximum Gasteiger partial charge on any atom is 0.254 e. The van der Waals surface area contributed by atoms with Crippen molar-refractivity contribution in [2.45, 2.75) is 49.9 Å². The molecule has 1 aromatic rings. The molecule has 1 amide bonds. The second-order valence-electron chi connectivity index (χ2n) is 6.03. The summed E-state index contributed by atoms with van der Waals surface area (Å²) in [5, 5.41) is 3.63. The molecule has 19 heavy (non-hydrogen) atoms. The highest BCUT2D eigenvalue weighted by atomic mass is 19.1. The molecular formula is C15H17FN2O. The molecule has 5 rings (SSSR count). The largest absolute Gasteiger partial charge is 0.332 e. The Balaban J connectivity index is 1.62. The molecule has 1 aromatic carbocycles. The van der Waals surface area contributed by atoms with Crippen LogP contribution < -0.4 is 5.32 Å². The second-order valence-corrected chi connectivity index (χ2v) is 6.03. The van der Waals surface area contributed by atoms with Crippen LogP contribution in [0.1, 0.15) is 36.0 Å². The van der Waals surface area contributed by atoms with Gasteiger partial charge < -0.3 is 10.2 Å². The second kappa shape index (κ2) is 4.04. The quantitative estimate of drug-likeness (QED) is 0.837. The van der Waals surface area contributed by atoms with Gasteiger partial charge in [-0.2, -0.15) is 0 Å². The summed E-state index contributed by atoms with van der Waals surface area (Å²) in [6, 6.07) is 7.88. The Labute approximate surface area is 111 Å². The number of amides is 1. The van der Waals surface area contributed by atoms with Crippen LogP contribution in [0.3, 0.4) is 0 Å². The number of nitrogens with zero attached hydrogens (tertiary/aromatic N) is 1. The summed E-state index contributed by atoms with van der Waals surface area (Å²) >= 11 is 0. The van der Waals surface area contributed by atoms with Crippen LogP contribution in [0.2, 0.25) is 0 Å². The van der Waals surface area contributed by atoms with Crippen LogP contribution in [0.4, 0.5) is 4.39 Å². The molecule has 0 aliphatic carbocycles. The first-order valence-electron chi connectivity index (χ1n) is 7.05. The van der Waals surface area contributed by atoms with Crippen LogP contribution in [0.5, 0.6) is 0 Å². The molecule has 1 N–H and O–H groups in total. The molecule has 0 spiro atoms. The predicted molar refractivity (Wildman–Crippen MR) is 69.3 cm³/mol. The van der Waals surface area contributed by atoms with Gasteiger partial charge in [-0.1, -0.05) is 0 Å². The number of rotatable bonds is 1. The highest BCUT2D eigenvalue weighted by Crippen LogP contribution is 2.39. The molecule has 0 radical (unpaired) electrons. The molecule has 4 heterocycles. The minimum absolute atomic E-state index is 0.0776. The fraction of sp³-hybridized carbons (Fsp3) is 0.533. The molecule has 0 atom stereocenters. The summed E-state index contributed by atoms with van der Waals surface area (Å²) in [4.78, 5) is 14.7. The molecule has 4 fully saturated rings. The summed E-state index contributed by atoms with van der Waals surface area (Å²) in [5.41, 5.74) is 0.613. The number of hydrogen-bond acceptors (Lipinski definition) is 2. The topological polar surface area (TPSA) is 32.3 Å². The first kappa shape index (κ1) is 11.4. The molecule has 4 aliphatic rings. The molecule has 4 aliphatic heterocycles. The molecule has 4 saturated heterocycles. The van der Waals surface area contributed by atoms with Crippen LogP contribution in [-0.4, -0.2) is 35.0 Å². The van der Waals surface area contributed by atoms with Crippen molar-refractivity contribution < 1.29 is 9.18 Å². The van der Waals surface area contributed by atoms with E-state index in [4.69, 9.17) is 0 Å². The Bertz CT molecular complexity index is 485. The maximum absolute atomic E-state index is 12.9. The van der Waals surface area contributed by atoms with Crippen LogP contribution in [0, 0.1) is 5.82 Å². The number of piperidine rings is 4. The lowest BCUT2D eigenvalue weighted by Gasteiger charge is -2.56. The van der Waals surface area contributed by atoms with Crippen LogP contribution in [0.15, 0.2) is 24.3 Å². The highest BCUT2D eigenvalue weighted by molar-refractivity contribution is 5.94. The van der Waals surface area contributed by atoms with Crippen LogP contribution in [0.25, 0.3) is 0 Å². The molecule has 0 unspecified atom stereocenters. The Hall–Kier alpha value is -1.42. The molecule has 3 nitrogen and oxygen atoms in total. The molecule has 100 valence electrons. The number of nitrogens with one attached hydrogen (secondary N) is 1. The van der Waals surface area contributed by atoms with Crippen molar-refractivity contribution in [3.8, 4) is 0 Å². The smallest absolute Gasteiger partial charge is 0.254 e. The van der Waals surface area contributed by atoms with Gasteiger partial charge in [0.2, 0.25) is 0 Å². The van der Waals surface area contributed by atoms with E-state index in [0.29, 0.717) is 29.7 Å². The zero-order chi connectivity index (χ0) is 13.0. The van der Waals surface area contributed by atoms with Crippen molar-refractivity contribution in [2.24, 2.45) is 0 Å². The third-order valence-corrected chi connectivity index (χ3v) is 4.81. The van der Waals surface area contributed by atoms with Crippen molar-refractivity contribution in [2.75, 3.05) is 0 Å². The van der Waals surface area contributed by atoms with Crippen molar-refractivity contribution in [3.05, 3.63) is 35.6 Å². The minimum Gasteiger partial charge on any atom is -0.332 e. The lowest BCUT2D eigenvalue weighted by molar-refractivity contribution is -0.0172. The average Bonchev–Trinajstić information content (AvgIpc) is 2.38. The maximum atomic E-state index is 12.9. The van der Waals surface area contributed by atoms with Gasteiger partial charge in [0, 0.05) is 29.7 Å². The van der Waals surface area contributed by atoms with E-state index in [-0.39, 0.29) is 11.7 Å². The van der Waals surface area contributed by atoms with E-state index in [1.54, 1.807) is 12.1 Å². The fourth-order valence-corrected chi connectivity index (χ4v) is 4.13. The Morgan fingerprint density at radius 2 is 1.58 bits per heavy atom. The van der Waals surface area contributed by atoms with Gasteiger partial charge in [0.1, 0.15) is 5.82 Å². The van der Waals surface area contributed by atoms with Gasteiger partial charge in [-0.15, -0.1) is 0 Å². The van der Waals surface area contributed by atoms with Crippen molar-refractivity contribution in [1.29, 1.82) is 0 Å². The summed E-state index contributed by atoms with van der Waals surface area (Å²) in [6.07, 6.45) is 4.28. The first-order chi connectivity index (χ1) is 9.20. The van der Waals surface area contributed by atoms with E-state index in [1.165, 1.54) is 12.1 Å². The Kier molecular flexibility index (Phi) is 2.42. The molecular weight excluding hydrogens is 243 g/mol. The SMILES string of the molecule is O=C(c1ccc(F)cc1)N1C2CC3CC1CC(C2)N3. The first-order valence-corrected chi connectivity index (χ1v) is 7.05. The lowest BCUT2D eigenvalue weighted by atomic mass is 9.74. The van der Waals surface area contributed by atoms with Gasteiger partial charge in [-0.3, -0.25) is 4.79 Å². The number of carbonyl (C=O) groups excluding carboxylic acids is 1. The van der Waals surface area contributed by atoms with Crippen LogP contribution >= 0.6 is 0 Å². The number of carbonyl (C=O) groups is 1. The van der Waals surface area contributed by atoms with Gasteiger partial charge >= 0.3 is 0 Å². The van der Waals surface area contributed by atoms with Crippen LogP contribution in [-0.2, 0) is 0 Å². The minimum atomic E-state index is -0.291. The van der Waals surface area contributed by atoms with E-state index < -0.39 is 0 Å². The van der Waals surface area contributed by atoms with Gasteiger partial charge in [0.15, 0.2) is 0 Å². The molecule has 4 heteroatoms. The van der Waals surface area contributed by atoms with Crippen molar-refractivity contribution >= 4 is 5.91 Å². The van der Waals surface area contributed by atoms with Crippen molar-refractivity contribution in [1.82, 2.24) is 10.2 Å². The van der Waals surface area contributed by atoms with Gasteiger partial charge in [-0.25, -0.2) is 4.39 Å². The summed E-state index contributed by atoms with van der Waals surface area (Å²) in [7, 11) is 0. The van der Waals surface area contributed by atoms with E-state index in [1.807, 2.05) is 0 Å². The number of halogens is 1. The molecule has 4 bridgehead atoms. The monoisotopic (exact) mass is 260 g/mol. The zero-order valence-corrected chi connectivity index (χ0v) is 10.7. The third-order valence-electron chi connectivity index (χ3n) is 4.81. The standard InChI is InChI=1S/C15H17FN2O/c16-10-3-1-9(2-4-10)15(19)18-13-5-11-6-14(18)8-12(7-13)17-11/h1-4,11-14,17H,5-8H2. The number of hydrogen-bond donors (Lipinski definition) is 1. The highest BCUT2D eigenvalue weighted by Gasteiger charge is 2.48. The van der Waals surface area contributed by atoms with Gasteiger partial charge in [0.05, 0.1) is 0 Å². The molecule has 0 aromatic heterocycles. The summed E-state index contributed by atoms with van der Waals surface area (Å²) in [6.45, 7) is 0. The lowest BCUT2D eigenvalue weighted by Crippen LogP contribution is -2.68. The van der Waals surface area contributed by atoms with Gasteiger partial charge in [-0.05, 0) is 49.9 Å². The predicted octanol–water partition coefficient (Wildman–Crippen LogP) is 1.93. The molecule has 0 saturated carbocycles. The average molecular weight is 260 g/mol. The van der Waals surface area contributed by atoms with Crippen molar-refractivity contribution in [3.63, 3.8) is 0 Å². The Morgan fingerprint density at radius 1 is 1.05 bits per heavy atom. The number of benzene rings is 1. The van der Waals surface area contributed by atoms with E-state index >= 15 is 0 Å². The summed E-state index contributed by atoms with van der Waals surface area (Å²) in [5.74, 6) is -0.213. The summed E-state index contributed by atoms with van der Waals surface area (Å²) < 4.78 is 12.9.